The number of nitrogens with one attached hydrogen (secondary N) is 2. The Morgan fingerprint density at radius 1 is 1.25 bits per heavy atom. The number of aromatic amines is 1. The molecule has 2 N–H and O–H groups in total. The van der Waals surface area contributed by atoms with E-state index in [4.69, 9.17) is 0 Å². The predicted molar refractivity (Wildman–Crippen MR) is 78.6 cm³/mol. The van der Waals surface area contributed by atoms with Gasteiger partial charge in [0.15, 0.2) is 0 Å². The highest BCUT2D eigenvalue weighted by atomic mass is 16.1. The van der Waals surface area contributed by atoms with Crippen LogP contribution in [0.3, 0.4) is 0 Å². The first-order valence-electron chi connectivity index (χ1n) is 7.12. The van der Waals surface area contributed by atoms with Gasteiger partial charge in [-0.25, -0.2) is 0 Å². The second kappa shape index (κ2) is 4.78. The predicted octanol–water partition coefficient (Wildman–Crippen LogP) is 2.88. The lowest BCUT2D eigenvalue weighted by atomic mass is 9.75. The highest BCUT2D eigenvalue weighted by Gasteiger charge is 2.38. The Morgan fingerprint density at radius 2 is 1.95 bits per heavy atom. The molecule has 104 valence electrons. The molecule has 1 aliphatic rings. The number of aromatic nitrogens is 2. The molecule has 3 rings (SSSR count). The van der Waals surface area contributed by atoms with E-state index in [0.29, 0.717) is 6.54 Å². The van der Waals surface area contributed by atoms with Crippen molar-refractivity contribution in [2.24, 2.45) is 0 Å². The molecule has 0 saturated carbocycles. The Kier molecular flexibility index (Phi) is 3.08. The van der Waals surface area contributed by atoms with E-state index in [1.807, 2.05) is 18.2 Å². The second-order valence-corrected chi connectivity index (χ2v) is 5.38. The average Bonchev–Trinajstić information content (AvgIpc) is 2.96. The Morgan fingerprint density at radius 3 is 2.60 bits per heavy atom. The molecule has 20 heavy (non-hydrogen) atoms. The SMILES string of the molecule is CCC1(CC)CNC(=O)c2cc(-c3ccncc3)[nH]c21. The quantitative estimate of drug-likeness (QED) is 0.900. The summed E-state index contributed by atoms with van der Waals surface area (Å²) >= 11 is 0. The maximum atomic E-state index is 12.1. The molecule has 0 atom stereocenters. The van der Waals surface area contributed by atoms with Crippen molar-refractivity contribution >= 4 is 5.91 Å². The Hall–Kier alpha value is -2.10. The van der Waals surface area contributed by atoms with Gasteiger partial charge in [0.25, 0.3) is 5.91 Å². The minimum atomic E-state index is 0.0223. The van der Waals surface area contributed by atoms with E-state index in [1.165, 1.54) is 0 Å². The van der Waals surface area contributed by atoms with Crippen molar-refractivity contribution in [3.8, 4) is 11.3 Å². The van der Waals surface area contributed by atoms with Gasteiger partial charge in [0.2, 0.25) is 0 Å². The monoisotopic (exact) mass is 269 g/mol. The number of H-pyrrole nitrogens is 1. The van der Waals surface area contributed by atoms with Crippen LogP contribution in [0, 0.1) is 0 Å². The van der Waals surface area contributed by atoms with E-state index in [2.05, 4.69) is 29.1 Å². The lowest BCUT2D eigenvalue weighted by Crippen LogP contribution is -2.46. The minimum absolute atomic E-state index is 0.0223. The maximum absolute atomic E-state index is 12.1. The number of carbonyl (C=O) groups excluding carboxylic acids is 1. The third-order valence-corrected chi connectivity index (χ3v) is 4.52. The fraction of sp³-hybridized carbons (Fsp3) is 0.375. The molecule has 0 spiro atoms. The number of carbonyl (C=O) groups is 1. The summed E-state index contributed by atoms with van der Waals surface area (Å²) in [4.78, 5) is 19.6. The summed E-state index contributed by atoms with van der Waals surface area (Å²) in [6.07, 6.45) is 5.55. The van der Waals surface area contributed by atoms with Crippen molar-refractivity contribution < 1.29 is 4.79 Å². The van der Waals surface area contributed by atoms with E-state index >= 15 is 0 Å². The largest absolute Gasteiger partial charge is 0.357 e. The highest BCUT2D eigenvalue weighted by molar-refractivity contribution is 5.98. The van der Waals surface area contributed by atoms with Crippen LogP contribution in [0.15, 0.2) is 30.6 Å². The molecule has 0 radical (unpaired) electrons. The molecule has 0 aromatic carbocycles. The fourth-order valence-corrected chi connectivity index (χ4v) is 3.03. The van der Waals surface area contributed by atoms with Gasteiger partial charge in [0.1, 0.15) is 0 Å². The van der Waals surface area contributed by atoms with Crippen molar-refractivity contribution in [3.05, 3.63) is 41.9 Å². The third kappa shape index (κ3) is 1.83. The summed E-state index contributed by atoms with van der Waals surface area (Å²) in [6, 6.07) is 5.86. The van der Waals surface area contributed by atoms with Crippen molar-refractivity contribution in [1.29, 1.82) is 0 Å². The van der Waals surface area contributed by atoms with Gasteiger partial charge in [0, 0.05) is 41.3 Å². The molecule has 0 saturated heterocycles. The standard InChI is InChI=1S/C16H19N3O/c1-3-16(4-2)10-18-15(20)12-9-13(19-14(12)16)11-5-7-17-8-6-11/h5-9,19H,3-4,10H2,1-2H3,(H,18,20). The first-order valence-corrected chi connectivity index (χ1v) is 7.12. The van der Waals surface area contributed by atoms with Gasteiger partial charge >= 0.3 is 0 Å². The molecular formula is C16H19N3O. The molecule has 1 aliphatic heterocycles. The first-order chi connectivity index (χ1) is 9.70. The smallest absolute Gasteiger partial charge is 0.253 e. The molecule has 0 unspecified atom stereocenters. The number of rotatable bonds is 3. The number of hydrogen-bond donors (Lipinski definition) is 2. The highest BCUT2D eigenvalue weighted by Crippen LogP contribution is 2.37. The van der Waals surface area contributed by atoms with Gasteiger partial charge < -0.3 is 10.3 Å². The summed E-state index contributed by atoms with van der Waals surface area (Å²) in [6.45, 7) is 5.07. The second-order valence-electron chi connectivity index (χ2n) is 5.38. The molecular weight excluding hydrogens is 250 g/mol. The van der Waals surface area contributed by atoms with Gasteiger partial charge in [-0.1, -0.05) is 13.8 Å². The number of nitrogens with zero attached hydrogens (tertiary/aromatic N) is 1. The van der Waals surface area contributed by atoms with E-state index in [9.17, 15) is 4.79 Å². The zero-order valence-electron chi connectivity index (χ0n) is 11.9. The van der Waals surface area contributed by atoms with Crippen LogP contribution in [0.2, 0.25) is 0 Å². The van der Waals surface area contributed by atoms with E-state index in [1.54, 1.807) is 12.4 Å². The van der Waals surface area contributed by atoms with Gasteiger partial charge in [-0.2, -0.15) is 0 Å². The lowest BCUT2D eigenvalue weighted by molar-refractivity contribution is 0.0921. The number of hydrogen-bond acceptors (Lipinski definition) is 2. The summed E-state index contributed by atoms with van der Waals surface area (Å²) < 4.78 is 0. The average molecular weight is 269 g/mol. The zero-order chi connectivity index (χ0) is 14.2. The normalized spacial score (nSPS) is 16.6. The van der Waals surface area contributed by atoms with E-state index in [0.717, 1.165) is 35.4 Å². The van der Waals surface area contributed by atoms with Crippen LogP contribution < -0.4 is 5.32 Å². The van der Waals surface area contributed by atoms with Crippen molar-refractivity contribution in [2.45, 2.75) is 32.1 Å². The van der Waals surface area contributed by atoms with Crippen molar-refractivity contribution in [3.63, 3.8) is 0 Å². The third-order valence-electron chi connectivity index (χ3n) is 4.52. The molecule has 1 amide bonds. The van der Waals surface area contributed by atoms with E-state index in [-0.39, 0.29) is 11.3 Å². The molecule has 4 nitrogen and oxygen atoms in total. The molecule has 4 heteroatoms. The van der Waals surface area contributed by atoms with Crippen molar-refractivity contribution in [2.75, 3.05) is 6.54 Å². The number of fused-ring (bicyclic) bond motifs is 1. The van der Waals surface area contributed by atoms with Gasteiger partial charge in [-0.05, 0) is 31.0 Å². The molecule has 2 aromatic rings. The molecule has 0 bridgehead atoms. The number of pyridine rings is 1. The molecule has 2 aromatic heterocycles. The Labute approximate surface area is 118 Å². The fourth-order valence-electron chi connectivity index (χ4n) is 3.03. The van der Waals surface area contributed by atoms with Gasteiger partial charge in [-0.15, -0.1) is 0 Å². The van der Waals surface area contributed by atoms with Crippen LogP contribution in [-0.4, -0.2) is 22.4 Å². The summed E-state index contributed by atoms with van der Waals surface area (Å²) in [5.41, 5.74) is 3.93. The summed E-state index contributed by atoms with van der Waals surface area (Å²) in [5, 5.41) is 3.02. The Bertz CT molecular complexity index is 626. The lowest BCUT2D eigenvalue weighted by Gasteiger charge is -2.35. The molecule has 3 heterocycles. The first kappa shape index (κ1) is 12.9. The van der Waals surface area contributed by atoms with Crippen molar-refractivity contribution in [1.82, 2.24) is 15.3 Å². The van der Waals surface area contributed by atoms with Gasteiger partial charge in [-0.3, -0.25) is 9.78 Å². The minimum Gasteiger partial charge on any atom is -0.357 e. The maximum Gasteiger partial charge on any atom is 0.253 e. The zero-order valence-corrected chi connectivity index (χ0v) is 11.9. The number of amides is 1. The van der Waals surface area contributed by atoms with E-state index < -0.39 is 0 Å². The van der Waals surface area contributed by atoms with Crippen LogP contribution in [-0.2, 0) is 5.41 Å². The van der Waals surface area contributed by atoms with Crippen LogP contribution in [0.1, 0.15) is 42.7 Å². The topological polar surface area (TPSA) is 57.8 Å². The summed E-state index contributed by atoms with van der Waals surface area (Å²) in [5.74, 6) is 0.0223. The van der Waals surface area contributed by atoms with Crippen LogP contribution in [0.4, 0.5) is 0 Å². The van der Waals surface area contributed by atoms with Gasteiger partial charge in [0.05, 0.1) is 5.56 Å². The van der Waals surface area contributed by atoms with Crippen LogP contribution >= 0.6 is 0 Å². The Balaban J connectivity index is 2.14. The molecule has 0 aliphatic carbocycles. The molecule has 0 fully saturated rings. The van der Waals surface area contributed by atoms with Crippen LogP contribution in [0.5, 0.6) is 0 Å². The summed E-state index contributed by atoms with van der Waals surface area (Å²) in [7, 11) is 0. The van der Waals surface area contributed by atoms with Crippen LogP contribution in [0.25, 0.3) is 11.3 Å².